The van der Waals surface area contributed by atoms with Crippen molar-refractivity contribution in [2.45, 2.75) is 84.1 Å². The van der Waals surface area contributed by atoms with Crippen LogP contribution in [0.4, 0.5) is 0 Å². The Morgan fingerprint density at radius 3 is 1.67 bits per heavy atom. The summed E-state index contributed by atoms with van der Waals surface area (Å²) in [5.74, 6) is 0. The van der Waals surface area contributed by atoms with Gasteiger partial charge in [-0.05, 0) is 66.4 Å². The Morgan fingerprint density at radius 2 is 1.19 bits per heavy atom. The van der Waals surface area contributed by atoms with Crippen LogP contribution in [-0.4, -0.2) is 36.6 Å². The van der Waals surface area contributed by atoms with Crippen LogP contribution in [0.1, 0.15) is 61.0 Å². The maximum atomic E-state index is 6.31. The molecule has 0 saturated carbocycles. The van der Waals surface area contributed by atoms with E-state index in [0.29, 0.717) is 6.32 Å². The molecule has 2 heterocycles. The van der Waals surface area contributed by atoms with Crippen molar-refractivity contribution in [1.82, 2.24) is 0 Å². The van der Waals surface area contributed by atoms with Crippen molar-refractivity contribution in [1.29, 1.82) is 0 Å². The molecule has 4 nitrogen and oxygen atoms in total. The van der Waals surface area contributed by atoms with Gasteiger partial charge in [0, 0.05) is 6.32 Å². The molecule has 0 spiro atoms. The van der Waals surface area contributed by atoms with Gasteiger partial charge in [0.05, 0.1) is 22.4 Å². The van der Waals surface area contributed by atoms with Crippen LogP contribution in [0.25, 0.3) is 6.08 Å². The van der Waals surface area contributed by atoms with Crippen molar-refractivity contribution in [3.05, 3.63) is 41.4 Å². The lowest BCUT2D eigenvalue weighted by molar-refractivity contribution is 0.00578. The van der Waals surface area contributed by atoms with Crippen LogP contribution in [0.3, 0.4) is 0 Å². The average Bonchev–Trinajstić information content (AvgIpc) is 2.87. The zero-order chi connectivity index (χ0) is 20.1. The SMILES string of the molecule is CC1(C)OB(C/C(=C\c2ccccc2)B2OC(C)(C)C(C)(C)O2)OC1(C)C. The zero-order valence-corrected chi connectivity index (χ0v) is 18.0. The highest BCUT2D eigenvalue weighted by molar-refractivity contribution is 6.60. The molecule has 0 amide bonds. The smallest absolute Gasteiger partial charge is 0.403 e. The van der Waals surface area contributed by atoms with Crippen molar-refractivity contribution in [3.8, 4) is 0 Å². The molecule has 0 aliphatic carbocycles. The second kappa shape index (κ2) is 6.77. The van der Waals surface area contributed by atoms with Gasteiger partial charge < -0.3 is 18.6 Å². The molecule has 2 fully saturated rings. The van der Waals surface area contributed by atoms with Crippen molar-refractivity contribution in [2.75, 3.05) is 0 Å². The molecule has 1 aromatic rings. The third-order valence-electron chi connectivity index (χ3n) is 6.41. The molecule has 27 heavy (non-hydrogen) atoms. The Kier molecular flexibility index (Phi) is 5.18. The normalized spacial score (nSPS) is 25.9. The number of benzene rings is 1. The number of allylic oxidation sites excluding steroid dienone is 1. The van der Waals surface area contributed by atoms with E-state index in [4.69, 9.17) is 18.6 Å². The first-order valence-corrected chi connectivity index (χ1v) is 9.80. The fourth-order valence-corrected chi connectivity index (χ4v) is 3.22. The molecule has 146 valence electrons. The summed E-state index contributed by atoms with van der Waals surface area (Å²) >= 11 is 0. The Labute approximate surface area is 164 Å². The fraction of sp³-hybridized carbons (Fsp3) is 0.619. The molecular weight excluding hydrogens is 338 g/mol. The van der Waals surface area contributed by atoms with Gasteiger partial charge in [-0.25, -0.2) is 0 Å². The summed E-state index contributed by atoms with van der Waals surface area (Å²) < 4.78 is 25.1. The van der Waals surface area contributed by atoms with E-state index in [2.05, 4.69) is 73.6 Å². The molecule has 0 unspecified atom stereocenters. The van der Waals surface area contributed by atoms with Crippen LogP contribution < -0.4 is 0 Å². The van der Waals surface area contributed by atoms with Crippen LogP contribution in [0.2, 0.25) is 6.32 Å². The Bertz CT molecular complexity index is 678. The van der Waals surface area contributed by atoms with Gasteiger partial charge in [-0.3, -0.25) is 0 Å². The molecular formula is C21H32B2O4. The van der Waals surface area contributed by atoms with Gasteiger partial charge in [-0.1, -0.05) is 36.4 Å². The number of hydrogen-bond acceptors (Lipinski definition) is 4. The van der Waals surface area contributed by atoms with E-state index >= 15 is 0 Å². The molecule has 3 rings (SSSR count). The minimum atomic E-state index is -0.422. The van der Waals surface area contributed by atoms with Crippen molar-refractivity contribution >= 4 is 20.3 Å². The van der Waals surface area contributed by atoms with Crippen molar-refractivity contribution < 1.29 is 18.6 Å². The standard InChI is InChI=1S/C21H32B2O4/c1-18(2)19(3,4)25-22(24-18)15-17(14-16-12-10-9-11-13-16)23-26-20(5,6)21(7,8)27-23/h9-14H,15H2,1-8H3/b17-14+. The summed E-state index contributed by atoms with van der Waals surface area (Å²) in [5, 5.41) is 0. The first kappa shape index (κ1) is 20.7. The second-order valence-electron chi connectivity index (χ2n) is 9.61. The highest BCUT2D eigenvalue weighted by atomic mass is 16.7. The van der Waals surface area contributed by atoms with Gasteiger partial charge in [0.1, 0.15) is 0 Å². The lowest BCUT2D eigenvalue weighted by Gasteiger charge is -2.32. The lowest BCUT2D eigenvalue weighted by atomic mass is 9.65. The van der Waals surface area contributed by atoms with Crippen LogP contribution >= 0.6 is 0 Å². The highest BCUT2D eigenvalue weighted by Crippen LogP contribution is 2.42. The van der Waals surface area contributed by atoms with E-state index in [0.717, 1.165) is 11.0 Å². The van der Waals surface area contributed by atoms with Gasteiger partial charge >= 0.3 is 14.2 Å². The summed E-state index contributed by atoms with van der Waals surface area (Å²) in [4.78, 5) is 0. The molecule has 2 saturated heterocycles. The van der Waals surface area contributed by atoms with E-state index in [1.807, 2.05) is 18.2 Å². The third-order valence-corrected chi connectivity index (χ3v) is 6.41. The second-order valence-corrected chi connectivity index (χ2v) is 9.61. The highest BCUT2D eigenvalue weighted by Gasteiger charge is 2.55. The number of hydrogen-bond donors (Lipinski definition) is 0. The Balaban J connectivity index is 1.88. The molecule has 0 bridgehead atoms. The fourth-order valence-electron chi connectivity index (χ4n) is 3.22. The number of rotatable bonds is 4. The monoisotopic (exact) mass is 370 g/mol. The Morgan fingerprint density at radius 1 is 0.741 bits per heavy atom. The maximum absolute atomic E-state index is 6.31. The molecule has 0 aromatic heterocycles. The quantitative estimate of drug-likeness (QED) is 0.714. The third kappa shape index (κ3) is 4.04. The maximum Gasteiger partial charge on any atom is 0.490 e. The molecule has 0 radical (unpaired) electrons. The minimum absolute atomic E-state index is 0.330. The predicted molar refractivity (Wildman–Crippen MR) is 111 cm³/mol. The van der Waals surface area contributed by atoms with Gasteiger partial charge in [-0.2, -0.15) is 0 Å². The molecule has 6 heteroatoms. The summed E-state index contributed by atoms with van der Waals surface area (Å²) in [5.41, 5.74) is 0.654. The topological polar surface area (TPSA) is 36.9 Å². The summed E-state index contributed by atoms with van der Waals surface area (Å²) in [6.07, 6.45) is 2.73. The Hall–Kier alpha value is -1.07. The first-order chi connectivity index (χ1) is 12.3. The zero-order valence-electron chi connectivity index (χ0n) is 18.0. The molecule has 0 N–H and O–H groups in total. The summed E-state index contributed by atoms with van der Waals surface area (Å²) in [6, 6.07) is 10.2. The van der Waals surface area contributed by atoms with Crippen LogP contribution in [0.5, 0.6) is 0 Å². The van der Waals surface area contributed by atoms with Gasteiger partial charge in [0.15, 0.2) is 0 Å². The van der Waals surface area contributed by atoms with Crippen molar-refractivity contribution in [2.24, 2.45) is 0 Å². The van der Waals surface area contributed by atoms with Gasteiger partial charge in [0.25, 0.3) is 0 Å². The summed E-state index contributed by atoms with van der Waals surface area (Å²) in [6.45, 7) is 16.6. The minimum Gasteiger partial charge on any atom is -0.403 e. The molecule has 1 aromatic carbocycles. The van der Waals surface area contributed by atoms with E-state index < -0.39 is 7.12 Å². The van der Waals surface area contributed by atoms with Crippen LogP contribution in [-0.2, 0) is 18.6 Å². The van der Waals surface area contributed by atoms with E-state index in [9.17, 15) is 0 Å². The van der Waals surface area contributed by atoms with Gasteiger partial charge in [-0.15, -0.1) is 0 Å². The van der Waals surface area contributed by atoms with E-state index in [-0.39, 0.29) is 29.5 Å². The lowest BCUT2D eigenvalue weighted by Crippen LogP contribution is -2.41. The molecule has 2 aliphatic rings. The average molecular weight is 370 g/mol. The van der Waals surface area contributed by atoms with Crippen LogP contribution in [0, 0.1) is 0 Å². The van der Waals surface area contributed by atoms with Crippen molar-refractivity contribution in [3.63, 3.8) is 0 Å². The first-order valence-electron chi connectivity index (χ1n) is 9.80. The van der Waals surface area contributed by atoms with Gasteiger partial charge in [0.2, 0.25) is 0 Å². The predicted octanol–water partition coefficient (Wildman–Crippen LogP) is 4.79. The van der Waals surface area contributed by atoms with Crippen LogP contribution in [0.15, 0.2) is 35.8 Å². The largest absolute Gasteiger partial charge is 0.490 e. The molecule has 0 atom stereocenters. The molecule has 2 aliphatic heterocycles. The van der Waals surface area contributed by atoms with E-state index in [1.165, 1.54) is 0 Å². The summed E-state index contributed by atoms with van der Waals surface area (Å²) in [7, 11) is -0.752. The van der Waals surface area contributed by atoms with E-state index in [1.54, 1.807) is 0 Å².